The molecule has 0 bridgehead atoms. The third-order valence-corrected chi connectivity index (χ3v) is 4.12. The van der Waals surface area contributed by atoms with E-state index in [1.807, 2.05) is 18.2 Å². The van der Waals surface area contributed by atoms with Crippen LogP contribution >= 0.6 is 35.0 Å². The average Bonchev–Trinajstić information content (AvgIpc) is 2.27. The maximum absolute atomic E-state index is 6.08. The molecule has 1 unspecified atom stereocenters. The van der Waals surface area contributed by atoms with E-state index < -0.39 is 0 Å². The van der Waals surface area contributed by atoms with Crippen LogP contribution in [0.15, 0.2) is 23.1 Å². The number of halogens is 2. The summed E-state index contributed by atoms with van der Waals surface area (Å²) in [5, 5.41) is 4.95. The maximum Gasteiger partial charge on any atom is 0.0542 e. The quantitative estimate of drug-likeness (QED) is 0.770. The number of thioether (sulfide) groups is 1. The van der Waals surface area contributed by atoms with Crippen LogP contribution in [-0.4, -0.2) is 18.3 Å². The van der Waals surface area contributed by atoms with Gasteiger partial charge in [-0.25, -0.2) is 0 Å². The van der Waals surface area contributed by atoms with Gasteiger partial charge in [-0.2, -0.15) is 0 Å². The van der Waals surface area contributed by atoms with Crippen molar-refractivity contribution < 1.29 is 0 Å². The summed E-state index contributed by atoms with van der Waals surface area (Å²) in [7, 11) is 0. The lowest BCUT2D eigenvalue weighted by Crippen LogP contribution is -2.28. The van der Waals surface area contributed by atoms with Crippen LogP contribution in [0.1, 0.15) is 20.3 Å². The molecular weight excluding hydrogens is 261 g/mol. The first kappa shape index (κ1) is 14.2. The summed E-state index contributed by atoms with van der Waals surface area (Å²) in [6.07, 6.45) is 1.16. The van der Waals surface area contributed by atoms with E-state index in [1.54, 1.807) is 11.8 Å². The van der Waals surface area contributed by atoms with Gasteiger partial charge in [0.25, 0.3) is 0 Å². The Hall–Kier alpha value is 0.110. The molecule has 1 N–H and O–H groups in total. The van der Waals surface area contributed by atoms with E-state index in [9.17, 15) is 0 Å². The van der Waals surface area contributed by atoms with Gasteiger partial charge >= 0.3 is 0 Å². The van der Waals surface area contributed by atoms with E-state index in [4.69, 9.17) is 23.2 Å². The van der Waals surface area contributed by atoms with E-state index in [2.05, 4.69) is 19.2 Å². The van der Waals surface area contributed by atoms with Crippen molar-refractivity contribution in [2.24, 2.45) is 0 Å². The number of hydrogen-bond acceptors (Lipinski definition) is 2. The first-order valence-corrected chi connectivity index (χ1v) is 7.19. The van der Waals surface area contributed by atoms with Gasteiger partial charge in [0.1, 0.15) is 0 Å². The van der Waals surface area contributed by atoms with Crippen LogP contribution < -0.4 is 5.32 Å². The van der Waals surface area contributed by atoms with E-state index in [1.165, 1.54) is 0 Å². The zero-order valence-corrected chi connectivity index (χ0v) is 11.9. The predicted octanol–water partition coefficient (Wildman–Crippen LogP) is 4.47. The van der Waals surface area contributed by atoms with Crippen LogP contribution in [0.25, 0.3) is 0 Å². The Bertz CT molecular complexity index is 331. The maximum atomic E-state index is 6.08. The van der Waals surface area contributed by atoms with Crippen molar-refractivity contribution in [2.75, 3.05) is 12.3 Å². The fourth-order valence-electron chi connectivity index (χ4n) is 1.25. The van der Waals surface area contributed by atoms with E-state index >= 15 is 0 Å². The summed E-state index contributed by atoms with van der Waals surface area (Å²) in [6.45, 7) is 5.41. The second-order valence-corrected chi connectivity index (χ2v) is 5.65. The smallest absolute Gasteiger partial charge is 0.0542 e. The molecule has 0 aromatic heterocycles. The SMILES string of the molecule is CCCNC(C)CSc1cc(Cl)ccc1Cl. The Labute approximate surface area is 112 Å². The van der Waals surface area contributed by atoms with Gasteiger partial charge in [0.15, 0.2) is 0 Å². The minimum Gasteiger partial charge on any atom is -0.313 e. The third kappa shape index (κ3) is 4.96. The molecule has 0 aliphatic rings. The highest BCUT2D eigenvalue weighted by molar-refractivity contribution is 7.99. The second-order valence-electron chi connectivity index (χ2n) is 3.74. The number of rotatable bonds is 6. The summed E-state index contributed by atoms with van der Waals surface area (Å²) >= 11 is 13.8. The monoisotopic (exact) mass is 277 g/mol. The minimum atomic E-state index is 0.486. The van der Waals surface area contributed by atoms with Crippen LogP contribution in [0, 0.1) is 0 Å². The molecule has 1 atom stereocenters. The van der Waals surface area contributed by atoms with Crippen LogP contribution in [0.4, 0.5) is 0 Å². The van der Waals surface area contributed by atoms with Gasteiger partial charge in [-0.1, -0.05) is 30.1 Å². The number of nitrogens with one attached hydrogen (secondary N) is 1. The Morgan fingerprint density at radius 2 is 2.12 bits per heavy atom. The Morgan fingerprint density at radius 3 is 2.81 bits per heavy atom. The molecule has 0 saturated heterocycles. The molecule has 1 aromatic carbocycles. The molecule has 0 saturated carbocycles. The Balaban J connectivity index is 2.44. The zero-order valence-electron chi connectivity index (χ0n) is 9.59. The van der Waals surface area contributed by atoms with E-state index in [0.717, 1.165) is 33.7 Å². The van der Waals surface area contributed by atoms with Crippen LogP contribution in [-0.2, 0) is 0 Å². The van der Waals surface area contributed by atoms with Crippen molar-refractivity contribution >= 4 is 35.0 Å². The predicted molar refractivity (Wildman–Crippen MR) is 74.9 cm³/mol. The molecule has 16 heavy (non-hydrogen) atoms. The molecule has 0 radical (unpaired) electrons. The Morgan fingerprint density at radius 1 is 1.38 bits per heavy atom. The molecule has 0 spiro atoms. The van der Waals surface area contributed by atoms with Gasteiger partial charge in [-0.05, 0) is 38.1 Å². The van der Waals surface area contributed by atoms with Gasteiger partial charge in [0.05, 0.1) is 5.02 Å². The van der Waals surface area contributed by atoms with Crippen LogP contribution in [0.5, 0.6) is 0 Å². The lowest BCUT2D eigenvalue weighted by Gasteiger charge is -2.13. The van der Waals surface area contributed by atoms with Crippen molar-refractivity contribution in [1.29, 1.82) is 0 Å². The molecule has 0 aliphatic carbocycles. The topological polar surface area (TPSA) is 12.0 Å². The molecule has 1 aromatic rings. The van der Waals surface area contributed by atoms with Gasteiger partial charge in [0.2, 0.25) is 0 Å². The fourth-order valence-corrected chi connectivity index (χ4v) is 2.73. The van der Waals surface area contributed by atoms with Gasteiger partial charge < -0.3 is 5.32 Å². The second kappa shape index (κ2) is 7.44. The molecular formula is C12H17Cl2NS. The first-order chi connectivity index (χ1) is 7.63. The number of benzene rings is 1. The van der Waals surface area contributed by atoms with Gasteiger partial charge in [-0.15, -0.1) is 11.8 Å². The molecule has 0 amide bonds. The zero-order chi connectivity index (χ0) is 12.0. The van der Waals surface area contributed by atoms with Crippen molar-refractivity contribution in [3.63, 3.8) is 0 Å². The van der Waals surface area contributed by atoms with Crippen LogP contribution in [0.2, 0.25) is 10.0 Å². The highest BCUT2D eigenvalue weighted by Gasteiger charge is 2.05. The van der Waals surface area contributed by atoms with Gasteiger partial charge in [-0.3, -0.25) is 0 Å². The van der Waals surface area contributed by atoms with E-state index in [0.29, 0.717) is 6.04 Å². The van der Waals surface area contributed by atoms with Crippen LogP contribution in [0.3, 0.4) is 0 Å². The van der Waals surface area contributed by atoms with Crippen molar-refractivity contribution in [3.05, 3.63) is 28.2 Å². The summed E-state index contributed by atoms with van der Waals surface area (Å²) in [5.41, 5.74) is 0. The molecule has 0 aliphatic heterocycles. The highest BCUT2D eigenvalue weighted by Crippen LogP contribution is 2.30. The first-order valence-electron chi connectivity index (χ1n) is 5.44. The molecule has 0 heterocycles. The fraction of sp³-hybridized carbons (Fsp3) is 0.500. The molecule has 90 valence electrons. The third-order valence-electron chi connectivity index (χ3n) is 2.12. The molecule has 0 fully saturated rings. The van der Waals surface area contributed by atoms with Crippen molar-refractivity contribution in [1.82, 2.24) is 5.32 Å². The lowest BCUT2D eigenvalue weighted by atomic mass is 10.3. The van der Waals surface area contributed by atoms with Crippen molar-refractivity contribution in [3.8, 4) is 0 Å². The van der Waals surface area contributed by atoms with E-state index in [-0.39, 0.29) is 0 Å². The summed E-state index contributed by atoms with van der Waals surface area (Å²) in [6, 6.07) is 6.06. The summed E-state index contributed by atoms with van der Waals surface area (Å²) in [4.78, 5) is 1.05. The lowest BCUT2D eigenvalue weighted by molar-refractivity contribution is 0.590. The largest absolute Gasteiger partial charge is 0.313 e. The number of hydrogen-bond donors (Lipinski definition) is 1. The molecule has 4 heteroatoms. The average molecular weight is 278 g/mol. The van der Waals surface area contributed by atoms with Crippen molar-refractivity contribution in [2.45, 2.75) is 31.2 Å². The van der Waals surface area contributed by atoms with Gasteiger partial charge in [0, 0.05) is 21.7 Å². The molecule has 1 nitrogen and oxygen atoms in total. The standard InChI is InChI=1S/C12H17Cl2NS/c1-3-6-15-9(2)8-16-12-7-10(13)4-5-11(12)14/h4-5,7,9,15H,3,6,8H2,1-2H3. The molecule has 1 rings (SSSR count). The Kier molecular flexibility index (Phi) is 6.59. The summed E-state index contributed by atoms with van der Waals surface area (Å²) < 4.78 is 0. The summed E-state index contributed by atoms with van der Waals surface area (Å²) in [5.74, 6) is 1.00. The normalized spacial score (nSPS) is 12.8. The highest BCUT2D eigenvalue weighted by atomic mass is 35.5. The minimum absolute atomic E-state index is 0.486.